The first kappa shape index (κ1) is 19.5. The number of hydrogen-bond donors (Lipinski definition) is 0. The van der Waals surface area contributed by atoms with Crippen molar-refractivity contribution in [3.05, 3.63) is 57.1 Å². The molecule has 1 aromatic carbocycles. The Balaban J connectivity index is 2.22. The fourth-order valence-electron chi connectivity index (χ4n) is 3.25. The summed E-state index contributed by atoms with van der Waals surface area (Å²) in [6.07, 6.45) is 1.80. The molecule has 2 aliphatic heterocycles. The van der Waals surface area contributed by atoms with Gasteiger partial charge in [-0.2, -0.15) is 0 Å². The lowest BCUT2D eigenvalue weighted by atomic mass is 9.83. The molecule has 27 heavy (non-hydrogen) atoms. The minimum Gasteiger partial charge on any atom is -0.466 e. The third kappa shape index (κ3) is 3.47. The quantitative estimate of drug-likeness (QED) is 0.559. The zero-order valence-electron chi connectivity index (χ0n) is 14.5. The maximum atomic E-state index is 12.6. The molecule has 1 aromatic rings. The highest BCUT2D eigenvalue weighted by Gasteiger charge is 2.47. The lowest BCUT2D eigenvalue weighted by Crippen LogP contribution is -2.36. The molecule has 3 atom stereocenters. The van der Waals surface area contributed by atoms with Crippen LogP contribution < -0.4 is 0 Å². The molecule has 0 fully saturated rings. The van der Waals surface area contributed by atoms with E-state index in [4.69, 9.17) is 37.4 Å². The Morgan fingerprint density at radius 2 is 1.85 bits per heavy atom. The zero-order chi connectivity index (χ0) is 19.7. The Labute approximate surface area is 165 Å². The van der Waals surface area contributed by atoms with Crippen LogP contribution in [0.2, 0.25) is 10.0 Å². The molecule has 1 aliphatic carbocycles. The van der Waals surface area contributed by atoms with Crippen LogP contribution in [0.25, 0.3) is 0 Å². The predicted molar refractivity (Wildman–Crippen MR) is 97.4 cm³/mol. The van der Waals surface area contributed by atoms with Crippen molar-refractivity contribution in [1.82, 2.24) is 0 Å². The highest BCUT2D eigenvalue weighted by Crippen LogP contribution is 2.45. The minimum atomic E-state index is -1.09. The van der Waals surface area contributed by atoms with Crippen molar-refractivity contribution in [2.75, 3.05) is 13.7 Å². The van der Waals surface area contributed by atoms with Crippen molar-refractivity contribution in [1.29, 1.82) is 0 Å². The predicted octanol–water partition coefficient (Wildman–Crippen LogP) is 3.22. The number of halogens is 2. The van der Waals surface area contributed by atoms with E-state index >= 15 is 0 Å². The third-order valence-electron chi connectivity index (χ3n) is 4.43. The second-order valence-corrected chi connectivity index (χ2v) is 6.75. The highest BCUT2D eigenvalue weighted by atomic mass is 35.5. The van der Waals surface area contributed by atoms with E-state index in [0.29, 0.717) is 5.56 Å². The van der Waals surface area contributed by atoms with Crippen molar-refractivity contribution in [3.8, 4) is 0 Å². The smallest absolute Gasteiger partial charge is 0.337 e. The number of carbonyl (C=O) groups excluding carboxylic acids is 3. The number of benzene rings is 1. The Hall–Kier alpha value is -2.31. The standard InChI is InChI=1S/C19H16Cl2O6/c1-3-26-19(24)11-7-9-8-12(18(23)25-2)16(27-17(9)22)14(11)10-5-4-6-13(20)15(10)21/h4-9,14,16H,3H2,1-2H3/t9-,14+,16-/m0/s1. The van der Waals surface area contributed by atoms with E-state index < -0.39 is 35.8 Å². The maximum absolute atomic E-state index is 12.6. The van der Waals surface area contributed by atoms with Crippen molar-refractivity contribution in [2.24, 2.45) is 5.92 Å². The van der Waals surface area contributed by atoms with Crippen LogP contribution in [0.1, 0.15) is 18.4 Å². The van der Waals surface area contributed by atoms with Crippen LogP contribution in [-0.2, 0) is 28.6 Å². The number of methoxy groups -OCH3 is 1. The molecule has 0 saturated carbocycles. The average Bonchev–Trinajstić information content (AvgIpc) is 2.89. The molecule has 0 spiro atoms. The normalized spacial score (nSPS) is 23.7. The van der Waals surface area contributed by atoms with Crippen LogP contribution in [0.5, 0.6) is 0 Å². The van der Waals surface area contributed by atoms with Crippen molar-refractivity contribution < 1.29 is 28.6 Å². The number of carbonyl (C=O) groups is 3. The molecular formula is C19H16Cl2O6. The Bertz CT molecular complexity index is 873. The topological polar surface area (TPSA) is 78.9 Å². The number of hydrogen-bond acceptors (Lipinski definition) is 6. The molecule has 0 N–H and O–H groups in total. The maximum Gasteiger partial charge on any atom is 0.337 e. The second-order valence-electron chi connectivity index (χ2n) is 5.96. The summed E-state index contributed by atoms with van der Waals surface area (Å²) in [6.45, 7) is 1.82. The van der Waals surface area contributed by atoms with Gasteiger partial charge < -0.3 is 14.2 Å². The van der Waals surface area contributed by atoms with E-state index in [1.165, 1.54) is 19.3 Å². The number of fused-ring (bicyclic) bond motifs is 2. The van der Waals surface area contributed by atoms with Crippen molar-refractivity contribution >= 4 is 41.1 Å². The van der Waals surface area contributed by atoms with Gasteiger partial charge in [0, 0.05) is 5.57 Å². The van der Waals surface area contributed by atoms with Gasteiger partial charge in [-0.3, -0.25) is 4.79 Å². The van der Waals surface area contributed by atoms with Gasteiger partial charge >= 0.3 is 17.9 Å². The monoisotopic (exact) mass is 410 g/mol. The molecule has 6 nitrogen and oxygen atoms in total. The minimum absolute atomic E-state index is 0.138. The first-order chi connectivity index (χ1) is 12.9. The van der Waals surface area contributed by atoms with Gasteiger partial charge in [0.25, 0.3) is 0 Å². The SMILES string of the molecule is CCOC(=O)C1=C[C@H]2C=C(C(=O)OC)[C@H](OC2=O)[C@@H]1c1cccc(Cl)c1Cl. The van der Waals surface area contributed by atoms with Crippen molar-refractivity contribution in [2.45, 2.75) is 18.9 Å². The molecule has 3 aliphatic rings. The zero-order valence-corrected chi connectivity index (χ0v) is 16.0. The van der Waals surface area contributed by atoms with Crippen LogP contribution in [-0.4, -0.2) is 37.7 Å². The van der Waals surface area contributed by atoms with E-state index in [2.05, 4.69) is 0 Å². The van der Waals surface area contributed by atoms with Crippen LogP contribution >= 0.6 is 23.2 Å². The lowest BCUT2D eigenvalue weighted by Gasteiger charge is -2.30. The molecule has 8 heteroatoms. The molecule has 0 amide bonds. The van der Waals surface area contributed by atoms with Crippen LogP contribution in [0.4, 0.5) is 0 Å². The first-order valence-electron chi connectivity index (χ1n) is 8.22. The molecule has 0 radical (unpaired) electrons. The Kier molecular flexibility index (Phi) is 5.58. The van der Waals surface area contributed by atoms with Gasteiger partial charge in [-0.05, 0) is 18.6 Å². The van der Waals surface area contributed by atoms with Crippen LogP contribution in [0.15, 0.2) is 41.5 Å². The third-order valence-corrected chi connectivity index (χ3v) is 5.26. The summed E-state index contributed by atoms with van der Waals surface area (Å²) < 4.78 is 15.5. The number of esters is 3. The fraction of sp³-hybridized carbons (Fsp3) is 0.316. The fourth-order valence-corrected chi connectivity index (χ4v) is 3.68. The Morgan fingerprint density at radius 1 is 1.15 bits per heavy atom. The summed E-state index contributed by atoms with van der Waals surface area (Å²) in [5, 5.41) is 0.469. The molecule has 142 valence electrons. The van der Waals surface area contributed by atoms with Gasteiger partial charge in [0.05, 0.1) is 41.2 Å². The van der Waals surface area contributed by atoms with Crippen LogP contribution in [0.3, 0.4) is 0 Å². The van der Waals surface area contributed by atoms with Gasteiger partial charge in [0.15, 0.2) is 0 Å². The van der Waals surface area contributed by atoms with E-state index in [-0.39, 0.29) is 27.8 Å². The summed E-state index contributed by atoms with van der Waals surface area (Å²) in [6, 6.07) is 4.92. The van der Waals surface area contributed by atoms with E-state index in [1.54, 1.807) is 25.1 Å². The highest BCUT2D eigenvalue weighted by molar-refractivity contribution is 6.42. The van der Waals surface area contributed by atoms with Gasteiger partial charge in [0.1, 0.15) is 6.10 Å². The van der Waals surface area contributed by atoms with Gasteiger partial charge in [-0.25, -0.2) is 9.59 Å². The van der Waals surface area contributed by atoms with E-state index in [9.17, 15) is 14.4 Å². The summed E-state index contributed by atoms with van der Waals surface area (Å²) in [5.74, 6) is -3.62. The summed E-state index contributed by atoms with van der Waals surface area (Å²) in [5.41, 5.74) is 0.759. The number of rotatable bonds is 4. The summed E-state index contributed by atoms with van der Waals surface area (Å²) in [4.78, 5) is 37.2. The van der Waals surface area contributed by atoms with E-state index in [1.807, 2.05) is 0 Å². The summed E-state index contributed by atoms with van der Waals surface area (Å²) >= 11 is 12.5. The van der Waals surface area contributed by atoms with Crippen LogP contribution in [0, 0.1) is 5.92 Å². The van der Waals surface area contributed by atoms with Gasteiger partial charge in [-0.1, -0.05) is 47.5 Å². The molecule has 0 unspecified atom stereocenters. The molecule has 2 heterocycles. The van der Waals surface area contributed by atoms with Gasteiger partial charge in [0.2, 0.25) is 0 Å². The first-order valence-corrected chi connectivity index (χ1v) is 8.97. The van der Waals surface area contributed by atoms with Gasteiger partial charge in [-0.15, -0.1) is 0 Å². The summed E-state index contributed by atoms with van der Waals surface area (Å²) in [7, 11) is 1.23. The molecular weight excluding hydrogens is 395 g/mol. The van der Waals surface area contributed by atoms with E-state index in [0.717, 1.165) is 0 Å². The largest absolute Gasteiger partial charge is 0.466 e. The average molecular weight is 411 g/mol. The second kappa shape index (κ2) is 7.74. The molecule has 4 rings (SSSR count). The molecule has 0 saturated heterocycles. The lowest BCUT2D eigenvalue weighted by molar-refractivity contribution is -0.153. The van der Waals surface area contributed by atoms with Crippen molar-refractivity contribution in [3.63, 3.8) is 0 Å². The molecule has 0 aromatic heterocycles. The Morgan fingerprint density at radius 3 is 2.52 bits per heavy atom. The molecule has 2 bridgehead atoms. The number of ether oxygens (including phenoxy) is 3.